The van der Waals surface area contributed by atoms with Crippen molar-refractivity contribution in [3.8, 4) is 0 Å². The van der Waals surface area contributed by atoms with Gasteiger partial charge in [-0.3, -0.25) is 4.79 Å². The summed E-state index contributed by atoms with van der Waals surface area (Å²) in [4.78, 5) is 11.7. The van der Waals surface area contributed by atoms with Gasteiger partial charge in [0.15, 0.2) is 0 Å². The summed E-state index contributed by atoms with van der Waals surface area (Å²) in [6.07, 6.45) is -1.76. The van der Waals surface area contributed by atoms with Crippen molar-refractivity contribution in [2.45, 2.75) is 38.0 Å². The Hall–Kier alpha value is -1.56. The van der Waals surface area contributed by atoms with E-state index >= 15 is 0 Å². The monoisotopic (exact) mass is 286 g/mol. The van der Waals surface area contributed by atoms with Gasteiger partial charge in [-0.15, -0.1) is 0 Å². The van der Waals surface area contributed by atoms with Crippen molar-refractivity contribution in [3.63, 3.8) is 0 Å². The normalized spacial score (nSPS) is 20.4. The average molecular weight is 286 g/mol. The molecule has 3 nitrogen and oxygen atoms in total. The summed E-state index contributed by atoms with van der Waals surface area (Å²) in [5.74, 6) is -0.0746. The summed E-state index contributed by atoms with van der Waals surface area (Å²) in [6, 6.07) is 4.83. The number of carbonyl (C=O) groups is 1. The van der Waals surface area contributed by atoms with E-state index in [2.05, 4.69) is 10.6 Å². The van der Waals surface area contributed by atoms with E-state index in [0.29, 0.717) is 18.5 Å². The van der Waals surface area contributed by atoms with Gasteiger partial charge in [-0.2, -0.15) is 13.2 Å². The minimum Gasteiger partial charge on any atom is -0.355 e. The molecule has 2 rings (SSSR count). The number of hydrogen-bond donors (Lipinski definition) is 2. The molecule has 0 bridgehead atoms. The quantitative estimate of drug-likeness (QED) is 0.896. The van der Waals surface area contributed by atoms with E-state index in [4.69, 9.17) is 0 Å². The van der Waals surface area contributed by atoms with E-state index in [1.165, 1.54) is 6.07 Å². The molecule has 0 spiro atoms. The summed E-state index contributed by atoms with van der Waals surface area (Å²) >= 11 is 0. The van der Waals surface area contributed by atoms with Crippen LogP contribution in [0.25, 0.3) is 0 Å². The van der Waals surface area contributed by atoms with Crippen LogP contribution in [0.5, 0.6) is 0 Å². The molecule has 1 aliphatic heterocycles. The highest BCUT2D eigenvalue weighted by Gasteiger charge is 2.30. The fraction of sp³-hybridized carbons (Fsp3) is 0.500. The van der Waals surface area contributed by atoms with Crippen molar-refractivity contribution in [1.82, 2.24) is 10.6 Å². The number of alkyl halides is 3. The van der Waals surface area contributed by atoms with Crippen LogP contribution in [0, 0.1) is 0 Å². The van der Waals surface area contributed by atoms with Gasteiger partial charge in [-0.05, 0) is 30.9 Å². The Morgan fingerprint density at radius 3 is 2.85 bits per heavy atom. The Balaban J connectivity index is 1.98. The van der Waals surface area contributed by atoms with Gasteiger partial charge in [0.25, 0.3) is 0 Å². The third kappa shape index (κ3) is 3.96. The molecule has 0 aromatic heterocycles. The summed E-state index contributed by atoms with van der Waals surface area (Å²) < 4.78 is 37.8. The summed E-state index contributed by atoms with van der Waals surface area (Å²) in [5.41, 5.74) is -0.140. The molecule has 0 radical (unpaired) electrons. The number of halogens is 3. The zero-order chi connectivity index (χ0) is 14.6. The van der Waals surface area contributed by atoms with Gasteiger partial charge in [0.2, 0.25) is 5.91 Å². The summed E-state index contributed by atoms with van der Waals surface area (Å²) in [7, 11) is 0. The second kappa shape index (κ2) is 6.26. The van der Waals surface area contributed by atoms with Gasteiger partial charge in [-0.25, -0.2) is 0 Å². The maximum atomic E-state index is 12.6. The molecule has 110 valence electrons. The SMILES string of the molecule is O=C1NCCCCC1NCc1cccc(C(F)(F)F)c1. The molecule has 1 fully saturated rings. The maximum Gasteiger partial charge on any atom is 0.416 e. The van der Waals surface area contributed by atoms with Crippen LogP contribution in [0.1, 0.15) is 30.4 Å². The lowest BCUT2D eigenvalue weighted by atomic mass is 10.1. The van der Waals surface area contributed by atoms with Crippen LogP contribution >= 0.6 is 0 Å². The lowest BCUT2D eigenvalue weighted by Crippen LogP contribution is -2.42. The van der Waals surface area contributed by atoms with Gasteiger partial charge in [-0.1, -0.05) is 18.2 Å². The van der Waals surface area contributed by atoms with Gasteiger partial charge < -0.3 is 10.6 Å². The van der Waals surface area contributed by atoms with Crippen LogP contribution in [-0.2, 0) is 17.5 Å². The molecule has 20 heavy (non-hydrogen) atoms. The third-order valence-electron chi connectivity index (χ3n) is 3.34. The zero-order valence-electron chi connectivity index (χ0n) is 11.0. The van der Waals surface area contributed by atoms with Crippen molar-refractivity contribution in [3.05, 3.63) is 35.4 Å². The molecule has 0 aliphatic carbocycles. The molecule has 1 unspecified atom stereocenters. The van der Waals surface area contributed by atoms with E-state index in [1.54, 1.807) is 6.07 Å². The molecule has 6 heteroatoms. The highest BCUT2D eigenvalue weighted by Crippen LogP contribution is 2.29. The lowest BCUT2D eigenvalue weighted by molar-refractivity contribution is -0.137. The first-order valence-corrected chi connectivity index (χ1v) is 6.64. The number of benzene rings is 1. The van der Waals surface area contributed by atoms with Crippen molar-refractivity contribution in [1.29, 1.82) is 0 Å². The number of hydrogen-bond acceptors (Lipinski definition) is 2. The molecule has 1 aliphatic rings. The summed E-state index contributed by atoms with van der Waals surface area (Å²) in [5, 5.41) is 5.81. The molecular weight excluding hydrogens is 269 g/mol. The van der Waals surface area contributed by atoms with Gasteiger partial charge in [0.1, 0.15) is 0 Å². The van der Waals surface area contributed by atoms with Crippen LogP contribution in [0.2, 0.25) is 0 Å². The Bertz CT molecular complexity index is 474. The number of carbonyl (C=O) groups excluding carboxylic acids is 1. The molecule has 1 amide bonds. The van der Waals surface area contributed by atoms with Gasteiger partial charge in [0.05, 0.1) is 11.6 Å². The predicted octanol–water partition coefficient (Wildman–Crippen LogP) is 2.46. The van der Waals surface area contributed by atoms with Crippen molar-refractivity contribution < 1.29 is 18.0 Å². The molecule has 1 aromatic rings. The standard InChI is InChI=1S/C14H17F3N2O/c15-14(16,17)11-5-3-4-10(8-11)9-19-12-6-1-2-7-18-13(12)20/h3-5,8,12,19H,1-2,6-7,9H2,(H,18,20). The molecule has 1 saturated heterocycles. The number of amides is 1. The smallest absolute Gasteiger partial charge is 0.355 e. The first kappa shape index (κ1) is 14.8. The third-order valence-corrected chi connectivity index (χ3v) is 3.34. The number of rotatable bonds is 3. The highest BCUT2D eigenvalue weighted by molar-refractivity contribution is 5.81. The van der Waals surface area contributed by atoms with E-state index in [9.17, 15) is 18.0 Å². The first-order valence-electron chi connectivity index (χ1n) is 6.64. The molecule has 1 aromatic carbocycles. The topological polar surface area (TPSA) is 41.1 Å². The second-order valence-electron chi connectivity index (χ2n) is 4.92. The van der Waals surface area contributed by atoms with Crippen LogP contribution in [0.15, 0.2) is 24.3 Å². The molecule has 1 atom stereocenters. The fourth-order valence-electron chi connectivity index (χ4n) is 2.23. The molecule has 0 saturated carbocycles. The first-order chi connectivity index (χ1) is 9.47. The Labute approximate surface area is 115 Å². The van der Waals surface area contributed by atoms with Crippen LogP contribution in [0.4, 0.5) is 13.2 Å². The zero-order valence-corrected chi connectivity index (χ0v) is 11.0. The van der Waals surface area contributed by atoms with E-state index in [-0.39, 0.29) is 18.5 Å². The average Bonchev–Trinajstić information content (AvgIpc) is 2.60. The Morgan fingerprint density at radius 1 is 1.30 bits per heavy atom. The van der Waals surface area contributed by atoms with E-state index < -0.39 is 11.7 Å². The van der Waals surface area contributed by atoms with Crippen LogP contribution < -0.4 is 10.6 Å². The van der Waals surface area contributed by atoms with Crippen LogP contribution in [0.3, 0.4) is 0 Å². The lowest BCUT2D eigenvalue weighted by Gasteiger charge is -2.16. The van der Waals surface area contributed by atoms with Gasteiger partial charge in [0, 0.05) is 13.1 Å². The van der Waals surface area contributed by atoms with Gasteiger partial charge >= 0.3 is 6.18 Å². The Morgan fingerprint density at radius 2 is 2.10 bits per heavy atom. The van der Waals surface area contributed by atoms with Crippen molar-refractivity contribution >= 4 is 5.91 Å². The van der Waals surface area contributed by atoms with E-state index in [0.717, 1.165) is 25.0 Å². The minimum atomic E-state index is -4.34. The van der Waals surface area contributed by atoms with Crippen molar-refractivity contribution in [2.24, 2.45) is 0 Å². The Kier molecular flexibility index (Phi) is 4.65. The van der Waals surface area contributed by atoms with E-state index in [1.807, 2.05) is 0 Å². The minimum absolute atomic E-state index is 0.0746. The molecular formula is C14H17F3N2O. The fourth-order valence-corrected chi connectivity index (χ4v) is 2.23. The highest BCUT2D eigenvalue weighted by atomic mass is 19.4. The van der Waals surface area contributed by atoms with Crippen molar-refractivity contribution in [2.75, 3.05) is 6.54 Å². The predicted molar refractivity (Wildman–Crippen MR) is 68.9 cm³/mol. The number of nitrogens with one attached hydrogen (secondary N) is 2. The summed E-state index contributed by atoms with van der Waals surface area (Å²) in [6.45, 7) is 0.919. The maximum absolute atomic E-state index is 12.6. The second-order valence-corrected chi connectivity index (χ2v) is 4.92. The molecule has 1 heterocycles. The van der Waals surface area contributed by atoms with Crippen LogP contribution in [-0.4, -0.2) is 18.5 Å². The molecule has 2 N–H and O–H groups in total. The largest absolute Gasteiger partial charge is 0.416 e.